The number of nitrogens with zero attached hydrogens (tertiary/aromatic N) is 2. The molecule has 1 aliphatic heterocycles. The topological polar surface area (TPSA) is 32.5 Å². The molecule has 1 saturated heterocycles. The highest BCUT2D eigenvalue weighted by molar-refractivity contribution is 9.10. The number of halogens is 1. The van der Waals surface area contributed by atoms with Crippen molar-refractivity contribution in [2.24, 2.45) is 5.73 Å². The van der Waals surface area contributed by atoms with Crippen molar-refractivity contribution in [2.45, 2.75) is 45.7 Å². The van der Waals surface area contributed by atoms with Crippen molar-refractivity contribution >= 4 is 21.6 Å². The van der Waals surface area contributed by atoms with Gasteiger partial charge in [0.1, 0.15) is 0 Å². The van der Waals surface area contributed by atoms with Gasteiger partial charge in [0.2, 0.25) is 0 Å². The lowest BCUT2D eigenvalue weighted by molar-refractivity contribution is 0.128. The fourth-order valence-electron chi connectivity index (χ4n) is 2.99. The fourth-order valence-corrected chi connectivity index (χ4v) is 3.40. The van der Waals surface area contributed by atoms with Crippen LogP contribution in [0, 0.1) is 0 Å². The second-order valence-corrected chi connectivity index (χ2v) is 8.02. The van der Waals surface area contributed by atoms with E-state index in [1.165, 1.54) is 11.3 Å². The molecule has 1 atom stereocenters. The zero-order valence-corrected chi connectivity index (χ0v) is 15.3. The van der Waals surface area contributed by atoms with Crippen molar-refractivity contribution in [2.75, 3.05) is 31.1 Å². The Balaban J connectivity index is 2.13. The van der Waals surface area contributed by atoms with Gasteiger partial charge in [-0.25, -0.2) is 0 Å². The van der Waals surface area contributed by atoms with Crippen LogP contribution in [-0.2, 0) is 6.42 Å². The third-order valence-electron chi connectivity index (χ3n) is 4.15. The predicted molar refractivity (Wildman–Crippen MR) is 95.0 cm³/mol. The van der Waals surface area contributed by atoms with Crippen molar-refractivity contribution in [3.63, 3.8) is 0 Å². The monoisotopic (exact) mass is 353 g/mol. The number of anilines is 1. The Morgan fingerprint density at radius 1 is 1.19 bits per heavy atom. The van der Waals surface area contributed by atoms with Gasteiger partial charge in [0.25, 0.3) is 0 Å². The van der Waals surface area contributed by atoms with E-state index in [1.807, 2.05) is 0 Å². The van der Waals surface area contributed by atoms with E-state index in [0.717, 1.165) is 37.1 Å². The molecule has 0 aliphatic carbocycles. The Bertz CT molecular complexity index is 471. The van der Waals surface area contributed by atoms with Crippen LogP contribution in [0.4, 0.5) is 5.69 Å². The van der Waals surface area contributed by atoms with Gasteiger partial charge in [0, 0.05) is 47.9 Å². The minimum Gasteiger partial charge on any atom is -0.369 e. The quantitative estimate of drug-likeness (QED) is 0.904. The number of benzene rings is 1. The summed E-state index contributed by atoms with van der Waals surface area (Å²) in [7, 11) is 0. The Hall–Kier alpha value is -0.580. The van der Waals surface area contributed by atoms with Crippen LogP contribution in [0.15, 0.2) is 22.7 Å². The predicted octanol–water partition coefficient (Wildman–Crippen LogP) is 3.26. The minimum atomic E-state index is 0.189. The third-order valence-corrected chi connectivity index (χ3v) is 4.65. The summed E-state index contributed by atoms with van der Waals surface area (Å²) >= 11 is 3.58. The molecule has 0 spiro atoms. The molecule has 1 aromatic carbocycles. The molecule has 2 rings (SSSR count). The summed E-state index contributed by atoms with van der Waals surface area (Å²) in [5.41, 5.74) is 8.98. The first-order chi connectivity index (χ1) is 9.77. The number of piperazine rings is 1. The molecule has 1 fully saturated rings. The summed E-state index contributed by atoms with van der Waals surface area (Å²) in [4.78, 5) is 5.07. The van der Waals surface area contributed by atoms with Crippen LogP contribution < -0.4 is 10.6 Å². The van der Waals surface area contributed by atoms with Crippen molar-refractivity contribution in [3.8, 4) is 0 Å². The molecule has 0 bridgehead atoms. The average molecular weight is 354 g/mol. The number of hydrogen-bond donors (Lipinski definition) is 1. The molecule has 1 aromatic rings. The van der Waals surface area contributed by atoms with Crippen molar-refractivity contribution in [1.29, 1.82) is 0 Å². The van der Waals surface area contributed by atoms with Gasteiger partial charge in [-0.1, -0.05) is 15.9 Å². The molecule has 3 nitrogen and oxygen atoms in total. The average Bonchev–Trinajstić information content (AvgIpc) is 2.37. The normalized spacial score (nSPS) is 18.9. The second-order valence-electron chi connectivity index (χ2n) is 7.10. The van der Waals surface area contributed by atoms with Crippen molar-refractivity contribution < 1.29 is 0 Å². The van der Waals surface area contributed by atoms with Crippen LogP contribution in [-0.4, -0.2) is 42.7 Å². The van der Waals surface area contributed by atoms with E-state index >= 15 is 0 Å². The highest BCUT2D eigenvalue weighted by Gasteiger charge is 2.26. The van der Waals surface area contributed by atoms with Crippen LogP contribution in [0.3, 0.4) is 0 Å². The lowest BCUT2D eigenvalue weighted by atomic mass is 10.0. The SMILES string of the molecule is CC(N)Cc1cc(Br)ccc1N1CCN(C(C)(C)C)CC1. The van der Waals surface area contributed by atoms with Crippen LogP contribution in [0.1, 0.15) is 33.3 Å². The van der Waals surface area contributed by atoms with Gasteiger partial charge in [0.15, 0.2) is 0 Å². The summed E-state index contributed by atoms with van der Waals surface area (Å²) in [6.45, 7) is 13.4. The molecular formula is C17H28BrN3. The van der Waals surface area contributed by atoms with Crippen LogP contribution in [0.25, 0.3) is 0 Å². The molecule has 1 heterocycles. The van der Waals surface area contributed by atoms with E-state index < -0.39 is 0 Å². The Morgan fingerprint density at radius 3 is 2.33 bits per heavy atom. The highest BCUT2D eigenvalue weighted by Crippen LogP contribution is 2.27. The summed E-state index contributed by atoms with van der Waals surface area (Å²) < 4.78 is 1.13. The first-order valence-electron chi connectivity index (χ1n) is 7.81. The standard InChI is InChI=1S/C17H28BrN3/c1-13(19)11-14-12-15(18)5-6-16(14)20-7-9-21(10-8-20)17(2,3)4/h5-6,12-13H,7-11,19H2,1-4H3. The zero-order chi connectivity index (χ0) is 15.6. The van der Waals surface area contributed by atoms with Crippen molar-refractivity contribution in [3.05, 3.63) is 28.2 Å². The van der Waals surface area contributed by atoms with Crippen LogP contribution in [0.2, 0.25) is 0 Å². The van der Waals surface area contributed by atoms with Gasteiger partial charge in [-0.15, -0.1) is 0 Å². The molecule has 21 heavy (non-hydrogen) atoms. The Morgan fingerprint density at radius 2 is 1.81 bits per heavy atom. The van der Waals surface area contributed by atoms with Gasteiger partial charge in [-0.2, -0.15) is 0 Å². The maximum Gasteiger partial charge on any atom is 0.0401 e. The summed E-state index contributed by atoms with van der Waals surface area (Å²) in [6.07, 6.45) is 0.925. The van der Waals surface area contributed by atoms with Crippen LogP contribution in [0.5, 0.6) is 0 Å². The first-order valence-corrected chi connectivity index (χ1v) is 8.60. The lowest BCUT2D eigenvalue weighted by Crippen LogP contribution is -2.53. The molecule has 1 unspecified atom stereocenters. The van der Waals surface area contributed by atoms with E-state index in [4.69, 9.17) is 5.73 Å². The molecule has 4 heteroatoms. The lowest BCUT2D eigenvalue weighted by Gasteiger charge is -2.43. The summed E-state index contributed by atoms with van der Waals surface area (Å²) in [5.74, 6) is 0. The number of rotatable bonds is 3. The van der Waals surface area contributed by atoms with Gasteiger partial charge in [-0.3, -0.25) is 4.90 Å². The summed E-state index contributed by atoms with van der Waals surface area (Å²) in [5, 5.41) is 0. The molecule has 1 aliphatic rings. The summed E-state index contributed by atoms with van der Waals surface area (Å²) in [6, 6.07) is 6.77. The van der Waals surface area contributed by atoms with E-state index in [1.54, 1.807) is 0 Å². The molecule has 2 N–H and O–H groups in total. The smallest absolute Gasteiger partial charge is 0.0401 e. The fraction of sp³-hybridized carbons (Fsp3) is 0.647. The Labute approximate surface area is 137 Å². The van der Waals surface area contributed by atoms with E-state index in [2.05, 4.69) is 71.6 Å². The van der Waals surface area contributed by atoms with E-state index in [-0.39, 0.29) is 11.6 Å². The largest absolute Gasteiger partial charge is 0.369 e. The third kappa shape index (κ3) is 4.44. The van der Waals surface area contributed by atoms with Crippen molar-refractivity contribution in [1.82, 2.24) is 4.90 Å². The van der Waals surface area contributed by atoms with Gasteiger partial charge in [0.05, 0.1) is 0 Å². The maximum absolute atomic E-state index is 6.01. The Kier molecular flexibility index (Phi) is 5.33. The van der Waals surface area contributed by atoms with Crippen LogP contribution >= 0.6 is 15.9 Å². The zero-order valence-electron chi connectivity index (χ0n) is 13.7. The molecule has 0 saturated carbocycles. The molecule has 0 amide bonds. The molecule has 118 valence electrons. The number of hydrogen-bond acceptors (Lipinski definition) is 3. The van der Waals surface area contributed by atoms with Gasteiger partial charge < -0.3 is 10.6 Å². The molecular weight excluding hydrogens is 326 g/mol. The number of nitrogens with two attached hydrogens (primary N) is 1. The maximum atomic E-state index is 6.01. The molecule has 0 aromatic heterocycles. The van der Waals surface area contributed by atoms with Gasteiger partial charge in [-0.05, 0) is 57.9 Å². The van der Waals surface area contributed by atoms with Gasteiger partial charge >= 0.3 is 0 Å². The van der Waals surface area contributed by atoms with E-state index in [0.29, 0.717) is 0 Å². The first kappa shape index (κ1) is 16.8. The molecule has 0 radical (unpaired) electrons. The second kappa shape index (κ2) is 6.67. The minimum absolute atomic E-state index is 0.189. The highest BCUT2D eigenvalue weighted by atomic mass is 79.9. The van der Waals surface area contributed by atoms with E-state index in [9.17, 15) is 0 Å².